The van der Waals surface area contributed by atoms with E-state index < -0.39 is 0 Å². The van der Waals surface area contributed by atoms with Crippen molar-refractivity contribution in [2.24, 2.45) is 11.1 Å². The lowest BCUT2D eigenvalue weighted by molar-refractivity contribution is -0.0979. The molecule has 0 radical (unpaired) electrons. The van der Waals surface area contributed by atoms with Crippen molar-refractivity contribution in [2.75, 3.05) is 31.6 Å². The third-order valence-electron chi connectivity index (χ3n) is 2.78. The first-order chi connectivity index (χ1) is 7.63. The molecule has 0 spiro atoms. The van der Waals surface area contributed by atoms with Crippen molar-refractivity contribution < 1.29 is 4.74 Å². The topological polar surface area (TPSA) is 47.3 Å². The van der Waals surface area contributed by atoms with Crippen LogP contribution >= 0.6 is 23.2 Å². The largest absolute Gasteiger partial charge is 0.384 e. The Morgan fingerprint density at radius 2 is 1.88 bits per heavy atom. The lowest BCUT2D eigenvalue weighted by Crippen LogP contribution is -2.52. The zero-order valence-corrected chi connectivity index (χ0v) is 10.3. The van der Waals surface area contributed by atoms with Crippen LogP contribution in [0.15, 0.2) is 18.2 Å². The summed E-state index contributed by atoms with van der Waals surface area (Å²) in [5, 5.41) is 4.54. The van der Waals surface area contributed by atoms with Gasteiger partial charge >= 0.3 is 0 Å². The van der Waals surface area contributed by atoms with Gasteiger partial charge < -0.3 is 15.8 Å². The van der Waals surface area contributed by atoms with Crippen LogP contribution in [0.25, 0.3) is 0 Å². The third-order valence-corrected chi connectivity index (χ3v) is 3.22. The Morgan fingerprint density at radius 1 is 1.25 bits per heavy atom. The zero-order valence-electron chi connectivity index (χ0n) is 8.80. The van der Waals surface area contributed by atoms with Gasteiger partial charge in [-0.1, -0.05) is 23.2 Å². The fourth-order valence-electron chi connectivity index (χ4n) is 1.63. The first-order valence-electron chi connectivity index (χ1n) is 5.11. The van der Waals surface area contributed by atoms with Gasteiger partial charge in [0.25, 0.3) is 0 Å². The summed E-state index contributed by atoms with van der Waals surface area (Å²) in [6.07, 6.45) is 0. The molecule has 0 aliphatic carbocycles. The van der Waals surface area contributed by atoms with Gasteiger partial charge in [0, 0.05) is 34.2 Å². The monoisotopic (exact) mass is 260 g/mol. The second-order valence-corrected chi connectivity index (χ2v) is 5.08. The van der Waals surface area contributed by atoms with Gasteiger partial charge in [-0.3, -0.25) is 0 Å². The fourth-order valence-corrected chi connectivity index (χ4v) is 2.15. The summed E-state index contributed by atoms with van der Waals surface area (Å²) in [5.74, 6) is 0. The standard InChI is InChI=1S/C11H14Cl2N2O/c12-8-1-9(13)3-10(2-8)15-5-11(4-14)6-16-7-11/h1-3,15H,4-7,14H2. The Kier molecular flexibility index (Phi) is 3.60. The van der Waals surface area contributed by atoms with Crippen molar-refractivity contribution in [1.29, 1.82) is 0 Å². The third kappa shape index (κ3) is 2.61. The number of ether oxygens (including phenoxy) is 1. The van der Waals surface area contributed by atoms with Crippen LogP contribution in [0.3, 0.4) is 0 Å². The minimum atomic E-state index is 0.0643. The van der Waals surface area contributed by atoms with Crippen LogP contribution in [0.1, 0.15) is 0 Å². The van der Waals surface area contributed by atoms with E-state index in [1.165, 1.54) is 0 Å². The van der Waals surface area contributed by atoms with Gasteiger partial charge in [-0.2, -0.15) is 0 Å². The molecule has 0 amide bonds. The molecular weight excluding hydrogens is 247 g/mol. The van der Waals surface area contributed by atoms with Gasteiger partial charge in [-0.05, 0) is 18.2 Å². The number of nitrogens with two attached hydrogens (primary N) is 1. The molecule has 0 aromatic heterocycles. The predicted octanol–water partition coefficient (Wildman–Crippen LogP) is 2.38. The van der Waals surface area contributed by atoms with Crippen LogP contribution in [-0.2, 0) is 4.74 Å². The van der Waals surface area contributed by atoms with Crippen molar-refractivity contribution in [2.45, 2.75) is 0 Å². The highest BCUT2D eigenvalue weighted by Gasteiger charge is 2.36. The number of benzene rings is 1. The quantitative estimate of drug-likeness (QED) is 0.874. The normalized spacial score (nSPS) is 17.9. The van der Waals surface area contributed by atoms with E-state index >= 15 is 0 Å². The maximum absolute atomic E-state index is 5.91. The average molecular weight is 261 g/mol. The molecule has 0 bridgehead atoms. The van der Waals surface area contributed by atoms with Gasteiger partial charge in [0.05, 0.1) is 13.2 Å². The van der Waals surface area contributed by atoms with Crippen molar-refractivity contribution >= 4 is 28.9 Å². The van der Waals surface area contributed by atoms with Crippen LogP contribution in [-0.4, -0.2) is 26.3 Å². The van der Waals surface area contributed by atoms with Crippen LogP contribution in [0.5, 0.6) is 0 Å². The fraction of sp³-hybridized carbons (Fsp3) is 0.455. The van der Waals surface area contributed by atoms with Gasteiger partial charge in [0.2, 0.25) is 0 Å². The molecule has 1 aromatic carbocycles. The minimum absolute atomic E-state index is 0.0643. The lowest BCUT2D eigenvalue weighted by atomic mass is 9.86. The Bertz CT molecular complexity index is 354. The molecule has 1 fully saturated rings. The molecule has 2 rings (SSSR count). The van der Waals surface area contributed by atoms with E-state index in [0.717, 1.165) is 12.2 Å². The number of halogens is 2. The minimum Gasteiger partial charge on any atom is -0.384 e. The van der Waals surface area contributed by atoms with E-state index in [-0.39, 0.29) is 5.41 Å². The number of rotatable bonds is 4. The van der Waals surface area contributed by atoms with Crippen LogP contribution < -0.4 is 11.1 Å². The Morgan fingerprint density at radius 3 is 2.31 bits per heavy atom. The maximum atomic E-state index is 5.91. The summed E-state index contributed by atoms with van der Waals surface area (Å²) in [6.45, 7) is 2.82. The molecule has 1 aromatic rings. The smallest absolute Gasteiger partial charge is 0.0574 e. The Labute approximate surface area is 105 Å². The lowest BCUT2D eigenvalue weighted by Gasteiger charge is -2.40. The predicted molar refractivity (Wildman–Crippen MR) is 67.3 cm³/mol. The molecule has 1 aliphatic rings. The number of nitrogens with one attached hydrogen (secondary N) is 1. The molecule has 1 saturated heterocycles. The van der Waals surface area contributed by atoms with Crippen LogP contribution in [0, 0.1) is 5.41 Å². The molecule has 3 nitrogen and oxygen atoms in total. The molecule has 0 unspecified atom stereocenters. The van der Waals surface area contributed by atoms with Crippen LogP contribution in [0.2, 0.25) is 10.0 Å². The van der Waals surface area contributed by atoms with Gasteiger partial charge in [0.15, 0.2) is 0 Å². The molecule has 5 heteroatoms. The first-order valence-corrected chi connectivity index (χ1v) is 5.87. The molecule has 88 valence electrons. The summed E-state index contributed by atoms with van der Waals surface area (Å²) in [7, 11) is 0. The van der Waals surface area contributed by atoms with E-state index in [2.05, 4.69) is 5.32 Å². The van der Waals surface area contributed by atoms with E-state index in [9.17, 15) is 0 Å². The average Bonchev–Trinajstić information content (AvgIpc) is 2.15. The van der Waals surface area contributed by atoms with Crippen molar-refractivity contribution in [3.63, 3.8) is 0 Å². The number of anilines is 1. The summed E-state index contributed by atoms with van der Waals surface area (Å²) in [5.41, 5.74) is 6.70. The van der Waals surface area contributed by atoms with Crippen molar-refractivity contribution in [1.82, 2.24) is 0 Å². The zero-order chi connectivity index (χ0) is 11.6. The van der Waals surface area contributed by atoms with Gasteiger partial charge in [-0.25, -0.2) is 0 Å². The van der Waals surface area contributed by atoms with Crippen molar-refractivity contribution in [3.05, 3.63) is 28.2 Å². The molecule has 1 aliphatic heterocycles. The van der Waals surface area contributed by atoms with E-state index in [1.807, 2.05) is 12.1 Å². The summed E-state index contributed by atoms with van der Waals surface area (Å²) >= 11 is 11.8. The number of hydrogen-bond donors (Lipinski definition) is 2. The van der Waals surface area contributed by atoms with E-state index in [4.69, 9.17) is 33.7 Å². The highest BCUT2D eigenvalue weighted by molar-refractivity contribution is 6.35. The SMILES string of the molecule is NCC1(CNc2cc(Cl)cc(Cl)c2)COC1. The van der Waals surface area contributed by atoms with Gasteiger partial charge in [-0.15, -0.1) is 0 Å². The van der Waals surface area contributed by atoms with Crippen LogP contribution in [0.4, 0.5) is 5.69 Å². The summed E-state index contributed by atoms with van der Waals surface area (Å²) in [4.78, 5) is 0. The highest BCUT2D eigenvalue weighted by Crippen LogP contribution is 2.28. The maximum Gasteiger partial charge on any atom is 0.0574 e. The second kappa shape index (κ2) is 4.80. The Hall–Kier alpha value is -0.480. The molecule has 1 heterocycles. The summed E-state index contributed by atoms with van der Waals surface area (Å²) < 4.78 is 5.19. The number of hydrogen-bond acceptors (Lipinski definition) is 3. The highest BCUT2D eigenvalue weighted by atomic mass is 35.5. The van der Waals surface area contributed by atoms with E-state index in [1.54, 1.807) is 6.07 Å². The molecule has 16 heavy (non-hydrogen) atoms. The van der Waals surface area contributed by atoms with E-state index in [0.29, 0.717) is 29.8 Å². The molecule has 0 atom stereocenters. The second-order valence-electron chi connectivity index (χ2n) is 4.21. The summed E-state index contributed by atoms with van der Waals surface area (Å²) in [6, 6.07) is 5.40. The Balaban J connectivity index is 1.98. The first kappa shape index (κ1) is 12.0. The molecule has 3 N–H and O–H groups in total. The van der Waals surface area contributed by atoms with Gasteiger partial charge in [0.1, 0.15) is 0 Å². The molecule has 0 saturated carbocycles. The molecular formula is C11H14Cl2N2O. The van der Waals surface area contributed by atoms with Crippen molar-refractivity contribution in [3.8, 4) is 0 Å².